The van der Waals surface area contributed by atoms with Crippen molar-refractivity contribution in [3.8, 4) is 0 Å². The highest BCUT2D eigenvalue weighted by Crippen LogP contribution is 2.06. The number of hydrogen-bond donors (Lipinski definition) is 2. The minimum atomic E-state index is -1.06. The molecule has 1 atom stereocenters. The van der Waals surface area contributed by atoms with E-state index in [9.17, 15) is 9.18 Å². The molecule has 0 aliphatic carbocycles. The van der Waals surface area contributed by atoms with Gasteiger partial charge >= 0.3 is 6.09 Å². The van der Waals surface area contributed by atoms with Crippen LogP contribution in [0.2, 0.25) is 0 Å². The molecule has 1 unspecified atom stereocenters. The van der Waals surface area contributed by atoms with Crippen LogP contribution < -0.4 is 11.1 Å². The van der Waals surface area contributed by atoms with Gasteiger partial charge in [0.15, 0.2) is 0 Å². The standard InChI is InChI=1S/C9H19FN2O2/c1-9(2,3)14-8(13)12-5-4-7(10)6-11/h7H,4-6,11H2,1-3H3,(H,12,13). The predicted molar refractivity (Wildman–Crippen MR) is 52.8 cm³/mol. The third-order valence-electron chi connectivity index (χ3n) is 1.38. The molecule has 0 spiro atoms. The van der Waals surface area contributed by atoms with Crippen LogP contribution in [0.1, 0.15) is 27.2 Å². The van der Waals surface area contributed by atoms with E-state index in [-0.39, 0.29) is 19.5 Å². The Labute approximate surface area is 84.0 Å². The lowest BCUT2D eigenvalue weighted by Crippen LogP contribution is -2.34. The highest BCUT2D eigenvalue weighted by Gasteiger charge is 2.15. The topological polar surface area (TPSA) is 64.3 Å². The fourth-order valence-corrected chi connectivity index (χ4v) is 0.763. The molecule has 0 radical (unpaired) electrons. The van der Waals surface area contributed by atoms with Gasteiger partial charge in [-0.05, 0) is 27.2 Å². The molecule has 0 aliphatic heterocycles. The molecule has 0 saturated heterocycles. The molecule has 14 heavy (non-hydrogen) atoms. The van der Waals surface area contributed by atoms with Gasteiger partial charge < -0.3 is 15.8 Å². The van der Waals surface area contributed by atoms with E-state index < -0.39 is 17.9 Å². The molecule has 84 valence electrons. The Hall–Kier alpha value is -0.840. The van der Waals surface area contributed by atoms with Gasteiger partial charge in [-0.15, -0.1) is 0 Å². The van der Waals surface area contributed by atoms with Crippen LogP contribution in [-0.4, -0.2) is 31.0 Å². The zero-order valence-corrected chi connectivity index (χ0v) is 8.97. The Balaban J connectivity index is 3.55. The van der Waals surface area contributed by atoms with Crippen molar-refractivity contribution in [2.45, 2.75) is 39.0 Å². The van der Waals surface area contributed by atoms with Crippen molar-refractivity contribution in [3.63, 3.8) is 0 Å². The number of alkyl carbamates (subject to hydrolysis) is 1. The van der Waals surface area contributed by atoms with Crippen molar-refractivity contribution >= 4 is 6.09 Å². The summed E-state index contributed by atoms with van der Waals surface area (Å²) in [7, 11) is 0. The average Bonchev–Trinajstić information content (AvgIpc) is 2.00. The minimum Gasteiger partial charge on any atom is -0.444 e. The summed E-state index contributed by atoms with van der Waals surface area (Å²) in [6.07, 6.45) is -1.37. The molecule has 0 aromatic rings. The highest BCUT2D eigenvalue weighted by atomic mass is 19.1. The van der Waals surface area contributed by atoms with Crippen LogP contribution in [0.4, 0.5) is 9.18 Å². The summed E-state index contributed by atoms with van der Waals surface area (Å²) in [4.78, 5) is 11.0. The number of alkyl halides is 1. The quantitative estimate of drug-likeness (QED) is 0.726. The number of carbonyl (C=O) groups is 1. The second kappa shape index (κ2) is 5.80. The van der Waals surface area contributed by atoms with Crippen molar-refractivity contribution in [1.82, 2.24) is 5.32 Å². The zero-order chi connectivity index (χ0) is 11.2. The Kier molecular flexibility index (Phi) is 5.45. The number of rotatable bonds is 4. The normalized spacial score (nSPS) is 13.5. The smallest absolute Gasteiger partial charge is 0.407 e. The minimum absolute atomic E-state index is 0.0179. The molecule has 0 rings (SSSR count). The van der Waals surface area contributed by atoms with Gasteiger partial charge in [-0.1, -0.05) is 0 Å². The first-order valence-corrected chi connectivity index (χ1v) is 4.66. The number of amides is 1. The van der Waals surface area contributed by atoms with E-state index in [0.717, 1.165) is 0 Å². The summed E-state index contributed by atoms with van der Waals surface area (Å²) in [6.45, 7) is 5.53. The van der Waals surface area contributed by atoms with E-state index in [1.807, 2.05) is 0 Å². The molecule has 0 fully saturated rings. The number of nitrogens with two attached hydrogens (primary N) is 1. The van der Waals surface area contributed by atoms with Crippen LogP contribution >= 0.6 is 0 Å². The van der Waals surface area contributed by atoms with Crippen LogP contribution in [0.25, 0.3) is 0 Å². The van der Waals surface area contributed by atoms with E-state index in [0.29, 0.717) is 0 Å². The molecule has 0 aromatic heterocycles. The number of carbonyl (C=O) groups excluding carboxylic acids is 1. The van der Waals surface area contributed by atoms with Crippen molar-refractivity contribution in [2.24, 2.45) is 5.73 Å². The maximum Gasteiger partial charge on any atom is 0.407 e. The molecule has 0 aromatic carbocycles. The average molecular weight is 206 g/mol. The lowest BCUT2D eigenvalue weighted by atomic mass is 10.2. The highest BCUT2D eigenvalue weighted by molar-refractivity contribution is 5.67. The van der Waals surface area contributed by atoms with Crippen LogP contribution in [0.3, 0.4) is 0 Å². The summed E-state index contributed by atoms with van der Waals surface area (Å²) in [6, 6.07) is 0. The molecular formula is C9H19FN2O2. The summed E-state index contributed by atoms with van der Waals surface area (Å²) < 4.78 is 17.6. The molecule has 5 heteroatoms. The van der Waals surface area contributed by atoms with Gasteiger partial charge in [-0.25, -0.2) is 9.18 Å². The van der Waals surface area contributed by atoms with E-state index in [4.69, 9.17) is 10.5 Å². The summed E-state index contributed by atoms with van der Waals surface area (Å²) in [5.74, 6) is 0. The lowest BCUT2D eigenvalue weighted by Gasteiger charge is -2.19. The zero-order valence-electron chi connectivity index (χ0n) is 8.97. The van der Waals surface area contributed by atoms with Gasteiger partial charge in [0.2, 0.25) is 0 Å². The monoisotopic (exact) mass is 206 g/mol. The van der Waals surface area contributed by atoms with Gasteiger partial charge in [0.05, 0.1) is 0 Å². The molecule has 0 heterocycles. The Bertz CT molecular complexity index is 180. The van der Waals surface area contributed by atoms with Gasteiger partial charge in [0, 0.05) is 13.1 Å². The van der Waals surface area contributed by atoms with Crippen molar-refractivity contribution < 1.29 is 13.9 Å². The summed E-state index contributed by atoms with van der Waals surface area (Å²) in [5, 5.41) is 2.45. The first kappa shape index (κ1) is 13.2. The third kappa shape index (κ3) is 7.79. The first-order chi connectivity index (χ1) is 6.35. The largest absolute Gasteiger partial charge is 0.444 e. The first-order valence-electron chi connectivity index (χ1n) is 4.66. The maximum atomic E-state index is 12.6. The molecule has 1 amide bonds. The maximum absolute atomic E-state index is 12.6. The lowest BCUT2D eigenvalue weighted by molar-refractivity contribution is 0.0524. The van der Waals surface area contributed by atoms with Crippen LogP contribution in [0, 0.1) is 0 Å². The molecule has 0 bridgehead atoms. The second-order valence-corrected chi connectivity index (χ2v) is 4.05. The number of halogens is 1. The second-order valence-electron chi connectivity index (χ2n) is 4.05. The number of hydrogen-bond acceptors (Lipinski definition) is 3. The molecular weight excluding hydrogens is 187 g/mol. The van der Waals surface area contributed by atoms with Gasteiger partial charge in [0.1, 0.15) is 11.8 Å². The summed E-state index contributed by atoms with van der Waals surface area (Å²) >= 11 is 0. The van der Waals surface area contributed by atoms with Crippen molar-refractivity contribution in [2.75, 3.05) is 13.1 Å². The van der Waals surface area contributed by atoms with Crippen LogP contribution in [0.15, 0.2) is 0 Å². The Morgan fingerprint density at radius 2 is 2.14 bits per heavy atom. The van der Waals surface area contributed by atoms with Crippen molar-refractivity contribution in [1.29, 1.82) is 0 Å². The van der Waals surface area contributed by atoms with Crippen molar-refractivity contribution in [3.05, 3.63) is 0 Å². The van der Waals surface area contributed by atoms with E-state index in [1.54, 1.807) is 20.8 Å². The Morgan fingerprint density at radius 1 is 1.57 bits per heavy atom. The fourth-order valence-electron chi connectivity index (χ4n) is 0.763. The van der Waals surface area contributed by atoms with Crippen LogP contribution in [-0.2, 0) is 4.74 Å². The van der Waals surface area contributed by atoms with Gasteiger partial charge in [-0.2, -0.15) is 0 Å². The number of nitrogens with one attached hydrogen (secondary N) is 1. The van der Waals surface area contributed by atoms with E-state index >= 15 is 0 Å². The van der Waals surface area contributed by atoms with E-state index in [1.165, 1.54) is 0 Å². The molecule has 3 N–H and O–H groups in total. The molecule has 4 nitrogen and oxygen atoms in total. The molecule has 0 aliphatic rings. The van der Waals surface area contributed by atoms with E-state index in [2.05, 4.69) is 5.32 Å². The van der Waals surface area contributed by atoms with Crippen LogP contribution in [0.5, 0.6) is 0 Å². The fraction of sp³-hybridized carbons (Fsp3) is 0.889. The SMILES string of the molecule is CC(C)(C)OC(=O)NCCC(F)CN. The van der Waals surface area contributed by atoms with Gasteiger partial charge in [-0.3, -0.25) is 0 Å². The van der Waals surface area contributed by atoms with Gasteiger partial charge in [0.25, 0.3) is 0 Å². The summed E-state index contributed by atoms with van der Waals surface area (Å²) in [5.41, 5.74) is 4.55. The third-order valence-corrected chi connectivity index (χ3v) is 1.38. The Morgan fingerprint density at radius 3 is 2.57 bits per heavy atom. The molecule has 0 saturated carbocycles. The number of ether oxygens (including phenoxy) is 1. The predicted octanol–water partition coefficient (Wildman–Crippen LogP) is 1.20.